The summed E-state index contributed by atoms with van der Waals surface area (Å²) in [6.45, 7) is 9.40. The van der Waals surface area contributed by atoms with Crippen LogP contribution in [0.25, 0.3) is 0 Å². The van der Waals surface area contributed by atoms with Gasteiger partial charge in [0.15, 0.2) is 0 Å². The number of hydrogen-bond acceptors (Lipinski definition) is 4. The zero-order valence-corrected chi connectivity index (χ0v) is 14.7. The second-order valence-electron chi connectivity index (χ2n) is 6.92. The van der Waals surface area contributed by atoms with E-state index in [2.05, 4.69) is 5.32 Å². The highest BCUT2D eigenvalue weighted by atomic mass is 19.4. The highest BCUT2D eigenvalue weighted by molar-refractivity contribution is 5.94. The van der Waals surface area contributed by atoms with Crippen LogP contribution in [0.15, 0.2) is 0 Å². The molecule has 0 radical (unpaired) electrons. The normalized spacial score (nSPS) is 14.8. The van der Waals surface area contributed by atoms with E-state index in [4.69, 9.17) is 4.74 Å². The number of ether oxygens (including phenoxy) is 1. The molecule has 0 aliphatic rings. The van der Waals surface area contributed by atoms with Crippen molar-refractivity contribution in [2.75, 3.05) is 0 Å². The molecule has 0 spiro atoms. The summed E-state index contributed by atoms with van der Waals surface area (Å²) in [7, 11) is 0. The first-order valence-electron chi connectivity index (χ1n) is 7.54. The number of alkyl carbamates (subject to hydrolysis) is 1. The molecule has 0 saturated carbocycles. The van der Waals surface area contributed by atoms with Crippen molar-refractivity contribution in [3.05, 3.63) is 0 Å². The van der Waals surface area contributed by atoms with Crippen LogP contribution < -0.4 is 10.6 Å². The van der Waals surface area contributed by atoms with Crippen LogP contribution in [-0.2, 0) is 14.3 Å². The number of ketones is 1. The van der Waals surface area contributed by atoms with E-state index >= 15 is 0 Å². The highest BCUT2D eigenvalue weighted by Crippen LogP contribution is 2.18. The predicted molar refractivity (Wildman–Crippen MR) is 81.3 cm³/mol. The Morgan fingerprint density at radius 2 is 1.50 bits per heavy atom. The Labute approximate surface area is 139 Å². The van der Waals surface area contributed by atoms with Crippen LogP contribution in [0, 0.1) is 5.92 Å². The third-order valence-corrected chi connectivity index (χ3v) is 2.75. The van der Waals surface area contributed by atoms with E-state index in [0.29, 0.717) is 0 Å². The smallest absolute Gasteiger partial charge is 0.444 e. The molecule has 0 saturated heterocycles. The Balaban J connectivity index is 4.95. The van der Waals surface area contributed by atoms with Gasteiger partial charge in [-0.3, -0.25) is 9.59 Å². The summed E-state index contributed by atoms with van der Waals surface area (Å²) < 4.78 is 42.1. The Morgan fingerprint density at radius 3 is 1.88 bits per heavy atom. The quantitative estimate of drug-likeness (QED) is 0.768. The first-order valence-corrected chi connectivity index (χ1v) is 7.54. The zero-order valence-electron chi connectivity index (χ0n) is 14.7. The van der Waals surface area contributed by atoms with Gasteiger partial charge in [0.2, 0.25) is 5.91 Å². The van der Waals surface area contributed by atoms with Crippen LogP contribution in [0.3, 0.4) is 0 Å². The predicted octanol–water partition coefficient (Wildman–Crippen LogP) is 2.56. The summed E-state index contributed by atoms with van der Waals surface area (Å²) in [5, 5.41) is 4.30. The SMILES string of the molecule is CC(C)CC(NC(=O)OC(C)(C)C)C(=O)NC(C)C(=O)C(F)(F)F. The van der Waals surface area contributed by atoms with Crippen LogP contribution in [-0.4, -0.2) is 41.6 Å². The van der Waals surface area contributed by atoms with Gasteiger partial charge in [0.1, 0.15) is 11.6 Å². The molecule has 24 heavy (non-hydrogen) atoms. The van der Waals surface area contributed by atoms with Gasteiger partial charge in [-0.05, 0) is 40.0 Å². The van der Waals surface area contributed by atoms with Crippen molar-refractivity contribution >= 4 is 17.8 Å². The molecular formula is C15H25F3N2O4. The summed E-state index contributed by atoms with van der Waals surface area (Å²) in [6.07, 6.45) is -5.73. The van der Waals surface area contributed by atoms with E-state index < -0.39 is 41.6 Å². The molecule has 0 fully saturated rings. The largest absolute Gasteiger partial charge is 0.452 e. The number of Topliss-reactive ketones (excluding diaryl/α,β-unsaturated/α-hetero) is 1. The highest BCUT2D eigenvalue weighted by Gasteiger charge is 2.42. The van der Waals surface area contributed by atoms with E-state index in [9.17, 15) is 27.6 Å². The van der Waals surface area contributed by atoms with E-state index in [-0.39, 0.29) is 12.3 Å². The number of halogens is 3. The summed E-state index contributed by atoms with van der Waals surface area (Å²) in [4.78, 5) is 35.0. The molecule has 2 amide bonds. The maximum absolute atomic E-state index is 12.4. The number of carbonyl (C=O) groups excluding carboxylic acids is 3. The fourth-order valence-electron chi connectivity index (χ4n) is 1.78. The average molecular weight is 354 g/mol. The molecule has 0 aliphatic carbocycles. The standard InChI is InChI=1S/C15H25F3N2O4/c1-8(2)7-10(20-13(23)24-14(4,5)6)12(22)19-9(3)11(21)15(16,17)18/h8-10H,7H2,1-6H3,(H,19,22)(H,20,23). The van der Waals surface area contributed by atoms with E-state index in [1.54, 1.807) is 34.6 Å². The molecule has 9 heteroatoms. The third-order valence-electron chi connectivity index (χ3n) is 2.75. The number of amides is 2. The lowest BCUT2D eigenvalue weighted by molar-refractivity contribution is -0.173. The van der Waals surface area contributed by atoms with Crippen LogP contribution in [0.1, 0.15) is 48.0 Å². The molecule has 0 aromatic rings. The van der Waals surface area contributed by atoms with Crippen molar-refractivity contribution in [3.8, 4) is 0 Å². The second-order valence-corrected chi connectivity index (χ2v) is 6.92. The minimum Gasteiger partial charge on any atom is -0.444 e. The van der Waals surface area contributed by atoms with E-state index in [1.165, 1.54) is 0 Å². The van der Waals surface area contributed by atoms with Gasteiger partial charge in [-0.2, -0.15) is 13.2 Å². The fourth-order valence-corrected chi connectivity index (χ4v) is 1.78. The topological polar surface area (TPSA) is 84.5 Å². The van der Waals surface area contributed by atoms with Gasteiger partial charge < -0.3 is 15.4 Å². The Morgan fingerprint density at radius 1 is 1.00 bits per heavy atom. The number of rotatable bonds is 6. The van der Waals surface area contributed by atoms with Crippen LogP contribution in [0.5, 0.6) is 0 Å². The van der Waals surface area contributed by atoms with Crippen LogP contribution in [0.4, 0.5) is 18.0 Å². The monoisotopic (exact) mass is 354 g/mol. The zero-order chi connectivity index (χ0) is 19.3. The first-order chi connectivity index (χ1) is 10.6. The van der Waals surface area contributed by atoms with Gasteiger partial charge in [0.05, 0.1) is 6.04 Å². The molecule has 140 valence electrons. The minimum atomic E-state index is -5.04. The summed E-state index contributed by atoms with van der Waals surface area (Å²) in [5.74, 6) is -2.96. The lowest BCUT2D eigenvalue weighted by Gasteiger charge is -2.25. The van der Waals surface area contributed by atoms with E-state index in [1.807, 2.05) is 5.32 Å². The lowest BCUT2D eigenvalue weighted by atomic mass is 10.0. The average Bonchev–Trinajstić information content (AvgIpc) is 2.32. The molecule has 0 heterocycles. The third kappa shape index (κ3) is 8.73. The molecule has 2 atom stereocenters. The number of carbonyl (C=O) groups is 3. The molecule has 0 rings (SSSR count). The lowest BCUT2D eigenvalue weighted by Crippen LogP contribution is -2.53. The van der Waals surface area contributed by atoms with Gasteiger partial charge in [0.25, 0.3) is 5.78 Å². The second kappa shape index (κ2) is 8.34. The minimum absolute atomic E-state index is 0.0238. The molecule has 0 aromatic heterocycles. The number of hydrogen-bond donors (Lipinski definition) is 2. The Kier molecular flexibility index (Phi) is 7.72. The molecule has 6 nitrogen and oxygen atoms in total. The molecule has 0 aliphatic heterocycles. The summed E-state index contributed by atoms with van der Waals surface area (Å²) in [5.41, 5.74) is -0.789. The fraction of sp³-hybridized carbons (Fsp3) is 0.800. The Hall–Kier alpha value is -1.80. The number of nitrogens with one attached hydrogen (secondary N) is 2. The van der Waals surface area contributed by atoms with Gasteiger partial charge in [-0.1, -0.05) is 13.8 Å². The molecular weight excluding hydrogens is 329 g/mol. The first kappa shape index (κ1) is 22.2. The molecule has 2 unspecified atom stereocenters. The number of alkyl halides is 3. The van der Waals surface area contributed by atoms with Crippen molar-refractivity contribution < 1.29 is 32.3 Å². The van der Waals surface area contributed by atoms with Gasteiger partial charge in [-0.15, -0.1) is 0 Å². The van der Waals surface area contributed by atoms with Crippen molar-refractivity contribution in [2.24, 2.45) is 5.92 Å². The van der Waals surface area contributed by atoms with Crippen molar-refractivity contribution in [3.63, 3.8) is 0 Å². The summed E-state index contributed by atoms with van der Waals surface area (Å²) >= 11 is 0. The Bertz CT molecular complexity index is 470. The molecule has 0 bridgehead atoms. The van der Waals surface area contributed by atoms with Crippen molar-refractivity contribution in [1.29, 1.82) is 0 Å². The van der Waals surface area contributed by atoms with Crippen LogP contribution in [0.2, 0.25) is 0 Å². The van der Waals surface area contributed by atoms with Gasteiger partial charge in [0, 0.05) is 0 Å². The summed E-state index contributed by atoms with van der Waals surface area (Å²) in [6, 6.07) is -2.85. The van der Waals surface area contributed by atoms with Crippen molar-refractivity contribution in [1.82, 2.24) is 10.6 Å². The van der Waals surface area contributed by atoms with Gasteiger partial charge in [-0.25, -0.2) is 4.79 Å². The molecule has 2 N–H and O–H groups in total. The van der Waals surface area contributed by atoms with Crippen molar-refractivity contribution in [2.45, 2.75) is 71.8 Å². The van der Waals surface area contributed by atoms with Crippen LogP contribution >= 0.6 is 0 Å². The maximum Gasteiger partial charge on any atom is 0.452 e. The van der Waals surface area contributed by atoms with Gasteiger partial charge >= 0.3 is 12.3 Å². The molecule has 0 aromatic carbocycles. The van der Waals surface area contributed by atoms with E-state index in [0.717, 1.165) is 6.92 Å². The maximum atomic E-state index is 12.4.